The molecule has 1 aliphatic rings. The van der Waals surface area contributed by atoms with Gasteiger partial charge in [0.2, 0.25) is 5.91 Å². The monoisotopic (exact) mass is 382 g/mol. The average molecular weight is 382 g/mol. The van der Waals surface area contributed by atoms with E-state index in [2.05, 4.69) is 0 Å². The Morgan fingerprint density at radius 3 is 2.50 bits per heavy atom. The smallest absolute Gasteiger partial charge is 0.258 e. The van der Waals surface area contributed by atoms with Crippen LogP contribution in [-0.4, -0.2) is 49.6 Å². The van der Waals surface area contributed by atoms with E-state index in [9.17, 15) is 9.59 Å². The SMILES string of the molecule is CCCOc1ccccc1C(=O)N1CCN(c2ccc(OC)cc2)C(=O)[C@H]1C. The number of ether oxygens (including phenoxy) is 2. The molecule has 0 saturated carbocycles. The van der Waals surface area contributed by atoms with Crippen LogP contribution in [0.3, 0.4) is 0 Å². The molecule has 3 rings (SSSR count). The summed E-state index contributed by atoms with van der Waals surface area (Å²) in [6.45, 7) is 5.23. The van der Waals surface area contributed by atoms with Crippen LogP contribution >= 0.6 is 0 Å². The first-order valence-corrected chi connectivity index (χ1v) is 9.55. The molecule has 0 aliphatic carbocycles. The van der Waals surface area contributed by atoms with Gasteiger partial charge in [0, 0.05) is 18.8 Å². The van der Waals surface area contributed by atoms with Gasteiger partial charge in [-0.3, -0.25) is 9.59 Å². The Labute approximate surface area is 165 Å². The van der Waals surface area contributed by atoms with E-state index in [1.54, 1.807) is 36.0 Å². The third kappa shape index (κ3) is 3.96. The number of hydrogen-bond acceptors (Lipinski definition) is 4. The van der Waals surface area contributed by atoms with Crippen molar-refractivity contribution in [2.45, 2.75) is 26.3 Å². The predicted molar refractivity (Wildman–Crippen MR) is 108 cm³/mol. The molecule has 2 aromatic rings. The molecular formula is C22H26N2O4. The summed E-state index contributed by atoms with van der Waals surface area (Å²) in [7, 11) is 1.61. The van der Waals surface area contributed by atoms with Crippen LogP contribution in [0.4, 0.5) is 5.69 Å². The van der Waals surface area contributed by atoms with Gasteiger partial charge < -0.3 is 19.3 Å². The van der Waals surface area contributed by atoms with Crippen molar-refractivity contribution in [3.8, 4) is 11.5 Å². The maximum absolute atomic E-state index is 13.1. The lowest BCUT2D eigenvalue weighted by molar-refractivity contribution is -0.124. The van der Waals surface area contributed by atoms with E-state index in [-0.39, 0.29) is 11.8 Å². The van der Waals surface area contributed by atoms with Crippen LogP contribution in [0.2, 0.25) is 0 Å². The topological polar surface area (TPSA) is 59.1 Å². The molecule has 0 radical (unpaired) electrons. The number of carbonyl (C=O) groups excluding carboxylic acids is 2. The highest BCUT2D eigenvalue weighted by Gasteiger charge is 2.36. The van der Waals surface area contributed by atoms with Crippen LogP contribution < -0.4 is 14.4 Å². The summed E-state index contributed by atoms with van der Waals surface area (Å²) in [5.41, 5.74) is 1.30. The second-order valence-corrected chi connectivity index (χ2v) is 6.71. The lowest BCUT2D eigenvalue weighted by Crippen LogP contribution is -2.57. The lowest BCUT2D eigenvalue weighted by atomic mass is 10.1. The van der Waals surface area contributed by atoms with Gasteiger partial charge in [-0.25, -0.2) is 0 Å². The fourth-order valence-electron chi connectivity index (χ4n) is 3.30. The number of anilines is 1. The van der Waals surface area contributed by atoms with Crippen molar-refractivity contribution in [3.63, 3.8) is 0 Å². The predicted octanol–water partition coefficient (Wildman–Crippen LogP) is 3.36. The number of piperazine rings is 1. The Morgan fingerprint density at radius 1 is 1.11 bits per heavy atom. The Balaban J connectivity index is 1.77. The fourth-order valence-corrected chi connectivity index (χ4v) is 3.30. The van der Waals surface area contributed by atoms with E-state index in [4.69, 9.17) is 9.47 Å². The molecule has 1 aliphatic heterocycles. The minimum Gasteiger partial charge on any atom is -0.497 e. The summed E-state index contributed by atoms with van der Waals surface area (Å²) < 4.78 is 10.9. The van der Waals surface area contributed by atoms with Gasteiger partial charge in [-0.15, -0.1) is 0 Å². The molecule has 6 heteroatoms. The van der Waals surface area contributed by atoms with Crippen LogP contribution in [-0.2, 0) is 4.79 Å². The van der Waals surface area contributed by atoms with Crippen LogP contribution in [0.15, 0.2) is 48.5 Å². The average Bonchev–Trinajstić information content (AvgIpc) is 2.74. The number of methoxy groups -OCH3 is 1. The summed E-state index contributed by atoms with van der Waals surface area (Å²) >= 11 is 0. The number of rotatable bonds is 6. The zero-order valence-electron chi connectivity index (χ0n) is 16.6. The van der Waals surface area contributed by atoms with Gasteiger partial charge in [0.25, 0.3) is 5.91 Å². The number of para-hydroxylation sites is 1. The third-order valence-corrected chi connectivity index (χ3v) is 4.88. The van der Waals surface area contributed by atoms with Gasteiger partial charge in [0.1, 0.15) is 17.5 Å². The van der Waals surface area contributed by atoms with E-state index in [0.29, 0.717) is 31.0 Å². The highest BCUT2D eigenvalue weighted by molar-refractivity contribution is 6.04. The summed E-state index contributed by atoms with van der Waals surface area (Å²) in [4.78, 5) is 29.4. The Kier molecular flexibility index (Phi) is 6.19. The van der Waals surface area contributed by atoms with Crippen molar-refractivity contribution in [2.75, 3.05) is 31.7 Å². The molecule has 1 atom stereocenters. The van der Waals surface area contributed by atoms with Crippen LogP contribution in [0, 0.1) is 0 Å². The minimum absolute atomic E-state index is 0.100. The van der Waals surface area contributed by atoms with Crippen molar-refractivity contribution >= 4 is 17.5 Å². The van der Waals surface area contributed by atoms with Gasteiger partial charge in [0.15, 0.2) is 0 Å². The van der Waals surface area contributed by atoms with Gasteiger partial charge >= 0.3 is 0 Å². The Morgan fingerprint density at radius 2 is 1.82 bits per heavy atom. The maximum Gasteiger partial charge on any atom is 0.258 e. The van der Waals surface area contributed by atoms with E-state index >= 15 is 0 Å². The van der Waals surface area contributed by atoms with Crippen molar-refractivity contribution in [3.05, 3.63) is 54.1 Å². The summed E-state index contributed by atoms with van der Waals surface area (Å²) in [6, 6.07) is 14.0. The lowest BCUT2D eigenvalue weighted by Gasteiger charge is -2.39. The van der Waals surface area contributed by atoms with E-state index in [1.807, 2.05) is 43.3 Å². The molecule has 148 valence electrons. The number of carbonyl (C=O) groups is 2. The Hall–Kier alpha value is -3.02. The van der Waals surface area contributed by atoms with Gasteiger partial charge in [-0.05, 0) is 49.7 Å². The zero-order valence-corrected chi connectivity index (χ0v) is 16.6. The van der Waals surface area contributed by atoms with Crippen molar-refractivity contribution in [2.24, 2.45) is 0 Å². The highest BCUT2D eigenvalue weighted by atomic mass is 16.5. The van der Waals surface area contributed by atoms with Crippen LogP contribution in [0.1, 0.15) is 30.6 Å². The summed E-state index contributed by atoms with van der Waals surface area (Å²) in [5.74, 6) is 1.02. The van der Waals surface area contributed by atoms with Crippen LogP contribution in [0.25, 0.3) is 0 Å². The number of hydrogen-bond donors (Lipinski definition) is 0. The molecule has 1 fully saturated rings. The molecular weight excluding hydrogens is 356 g/mol. The van der Waals surface area contributed by atoms with E-state index in [1.165, 1.54) is 0 Å². The largest absolute Gasteiger partial charge is 0.497 e. The quantitative estimate of drug-likeness (QED) is 0.769. The second kappa shape index (κ2) is 8.78. The van der Waals surface area contributed by atoms with Gasteiger partial charge in [-0.2, -0.15) is 0 Å². The molecule has 2 amide bonds. The van der Waals surface area contributed by atoms with Crippen molar-refractivity contribution < 1.29 is 19.1 Å². The number of amides is 2. The first-order valence-electron chi connectivity index (χ1n) is 9.55. The van der Waals surface area contributed by atoms with Crippen molar-refractivity contribution in [1.29, 1.82) is 0 Å². The molecule has 2 aromatic carbocycles. The second-order valence-electron chi connectivity index (χ2n) is 6.71. The molecule has 1 saturated heterocycles. The molecule has 0 spiro atoms. The normalized spacial score (nSPS) is 16.8. The summed E-state index contributed by atoms with van der Waals surface area (Å²) in [6.07, 6.45) is 0.859. The molecule has 0 aromatic heterocycles. The first kappa shape index (κ1) is 19.7. The number of nitrogens with zero attached hydrogens (tertiary/aromatic N) is 2. The zero-order chi connectivity index (χ0) is 20.1. The van der Waals surface area contributed by atoms with Gasteiger partial charge in [-0.1, -0.05) is 19.1 Å². The third-order valence-electron chi connectivity index (χ3n) is 4.88. The standard InChI is InChI=1S/C22H26N2O4/c1-4-15-28-20-8-6-5-7-19(20)22(26)23-13-14-24(21(25)16(23)2)17-9-11-18(27-3)12-10-17/h5-12,16H,4,13-15H2,1-3H3/t16-/m1/s1. The number of benzene rings is 2. The maximum atomic E-state index is 13.1. The van der Waals surface area contributed by atoms with Crippen molar-refractivity contribution in [1.82, 2.24) is 4.90 Å². The first-order chi connectivity index (χ1) is 13.6. The summed E-state index contributed by atoms with van der Waals surface area (Å²) in [5, 5.41) is 0. The van der Waals surface area contributed by atoms with E-state index in [0.717, 1.165) is 17.9 Å². The fraction of sp³-hybridized carbons (Fsp3) is 0.364. The highest BCUT2D eigenvalue weighted by Crippen LogP contribution is 2.26. The van der Waals surface area contributed by atoms with E-state index < -0.39 is 6.04 Å². The molecule has 0 bridgehead atoms. The minimum atomic E-state index is -0.553. The Bertz CT molecular complexity index is 835. The molecule has 0 unspecified atom stereocenters. The van der Waals surface area contributed by atoms with Crippen LogP contribution in [0.5, 0.6) is 11.5 Å². The molecule has 1 heterocycles. The molecule has 28 heavy (non-hydrogen) atoms. The molecule has 0 N–H and O–H groups in total. The molecule has 6 nitrogen and oxygen atoms in total. The van der Waals surface area contributed by atoms with Gasteiger partial charge in [0.05, 0.1) is 19.3 Å².